The number of carbonyl (C=O) groups is 4. The molecule has 0 bridgehead atoms. The average molecular weight is 781 g/mol. The Labute approximate surface area is 329 Å². The molecule has 2 aliphatic heterocycles. The summed E-state index contributed by atoms with van der Waals surface area (Å²) in [6, 6.07) is 13.0. The number of hydrogen-bond acceptors (Lipinski definition) is 9. The van der Waals surface area contributed by atoms with Crippen molar-refractivity contribution in [2.75, 3.05) is 7.11 Å². The number of nitrogens with one attached hydrogen (secondary N) is 4. The molecule has 16 heteroatoms. The normalized spacial score (nSPS) is 24.6. The highest BCUT2D eigenvalue weighted by atomic mass is 16.5. The maximum atomic E-state index is 13.8. The Morgan fingerprint density at radius 1 is 0.684 bits per heavy atom. The summed E-state index contributed by atoms with van der Waals surface area (Å²) in [7, 11) is 1.21. The van der Waals surface area contributed by atoms with E-state index in [1.807, 2.05) is 48.5 Å². The number of carboxylic acid groups (broad SMARTS) is 1. The van der Waals surface area contributed by atoms with Crippen LogP contribution in [0.5, 0.6) is 0 Å². The lowest BCUT2D eigenvalue weighted by molar-refractivity contribution is -0.142. The molecule has 0 spiro atoms. The van der Waals surface area contributed by atoms with E-state index in [1.165, 1.54) is 34.8 Å². The van der Waals surface area contributed by atoms with Gasteiger partial charge in [-0.15, -0.1) is 0 Å². The van der Waals surface area contributed by atoms with E-state index in [4.69, 9.17) is 4.74 Å². The summed E-state index contributed by atoms with van der Waals surface area (Å²) in [6.45, 7) is 5.81. The number of amides is 4. The summed E-state index contributed by atoms with van der Waals surface area (Å²) >= 11 is 0. The highest BCUT2D eigenvalue weighted by Gasteiger charge is 2.58. The van der Waals surface area contributed by atoms with Crippen LogP contribution in [0.4, 0.5) is 9.59 Å². The summed E-state index contributed by atoms with van der Waals surface area (Å²) in [4.78, 5) is 70.5. The molecule has 300 valence electrons. The van der Waals surface area contributed by atoms with Crippen molar-refractivity contribution in [2.24, 2.45) is 11.8 Å². The molecule has 2 aliphatic carbocycles. The van der Waals surface area contributed by atoms with E-state index in [-0.39, 0.29) is 30.1 Å². The third kappa shape index (κ3) is 7.34. The lowest BCUT2D eigenvalue weighted by Crippen LogP contribution is -2.59. The number of hydrogen-bond donors (Lipinski definition) is 7. The molecule has 4 heterocycles. The first-order valence-electron chi connectivity index (χ1n) is 19.3. The zero-order valence-corrected chi connectivity index (χ0v) is 32.4. The number of likely N-dealkylation sites (tertiary alicyclic amines) is 2. The number of aromatic amines is 2. The SMILES string of the molecule is COC(=O)N[C@H](C(=O)N1[C@H](c2ncc(-c3ccc(-c4ccc(-c5cnc([C@@H]6C[C@@H]7C[C@@H]7N6C(=O)[C@@H](NC(=O)O)C(C)(C)O)[nH]5)cc4)cc3)[nH]2)C[C@H]2C[C@@H]21)C(C)(C)O. The number of methoxy groups -OCH3 is 1. The van der Waals surface area contributed by atoms with Crippen LogP contribution in [-0.4, -0.2) is 112 Å². The number of nitrogens with zero attached hydrogens (tertiary/aromatic N) is 4. The smallest absolute Gasteiger partial charge is 0.407 e. The topological polar surface area (TPSA) is 226 Å². The summed E-state index contributed by atoms with van der Waals surface area (Å²) < 4.78 is 4.72. The molecule has 4 aliphatic rings. The number of H-pyrrole nitrogens is 2. The standard InChI is InChI=1S/C41H48N8O8/c1-40(2,55)32(46-38(52)53)36(50)48-28-14-24(28)16-30(48)34-42-18-26(44-34)22-10-6-20(7-11-22)21-8-12-23(13-9-21)27-19-43-35(45-27)31-17-25-15-29(25)49(31)37(51)33(41(3,4)56)47-39(54)57-5/h6-13,18-19,24-25,28-33,46,55-56H,14-17H2,1-5H3,(H,42,44)(H,43,45)(H,47,54)(H,52,53)/t24-,25+,28-,29-,30-,31-,32+,33+/m0/s1. The number of ether oxygens (including phenoxy) is 1. The molecule has 2 saturated heterocycles. The molecule has 8 rings (SSSR count). The third-order valence-electron chi connectivity index (χ3n) is 11.9. The highest BCUT2D eigenvalue weighted by molar-refractivity contribution is 5.89. The monoisotopic (exact) mass is 780 g/mol. The maximum Gasteiger partial charge on any atom is 0.407 e. The molecular weight excluding hydrogens is 732 g/mol. The quantitative estimate of drug-likeness (QED) is 0.114. The average Bonchev–Trinajstić information content (AvgIpc) is 3.76. The number of imidazole rings is 2. The number of piperidine rings is 2. The van der Waals surface area contributed by atoms with Crippen molar-refractivity contribution in [3.05, 3.63) is 72.6 Å². The second-order valence-electron chi connectivity index (χ2n) is 16.9. The minimum absolute atomic E-state index is 0.00665. The van der Waals surface area contributed by atoms with E-state index in [1.54, 1.807) is 22.2 Å². The molecule has 0 radical (unpaired) electrons. The molecule has 2 aromatic heterocycles. The Kier molecular flexibility index (Phi) is 9.38. The van der Waals surface area contributed by atoms with Crippen molar-refractivity contribution in [3.8, 4) is 33.6 Å². The van der Waals surface area contributed by atoms with Crippen molar-refractivity contribution in [1.82, 2.24) is 40.4 Å². The molecule has 4 amide bonds. The molecule has 2 saturated carbocycles. The zero-order chi connectivity index (χ0) is 40.6. The first kappa shape index (κ1) is 38.1. The Morgan fingerprint density at radius 2 is 1.07 bits per heavy atom. The van der Waals surface area contributed by atoms with E-state index in [9.17, 15) is 34.5 Å². The van der Waals surface area contributed by atoms with Crippen molar-refractivity contribution >= 4 is 24.0 Å². The molecule has 4 fully saturated rings. The van der Waals surface area contributed by atoms with Crippen LogP contribution in [0.1, 0.15) is 77.1 Å². The van der Waals surface area contributed by atoms with Gasteiger partial charge in [0, 0.05) is 12.1 Å². The highest BCUT2D eigenvalue weighted by Crippen LogP contribution is 2.54. The Morgan fingerprint density at radius 3 is 1.44 bits per heavy atom. The van der Waals surface area contributed by atoms with Gasteiger partial charge in [-0.1, -0.05) is 48.5 Å². The van der Waals surface area contributed by atoms with Crippen molar-refractivity contribution < 1.29 is 39.2 Å². The Bertz CT molecular complexity index is 2190. The van der Waals surface area contributed by atoms with Crippen LogP contribution in [0.3, 0.4) is 0 Å². The Balaban J connectivity index is 0.940. The van der Waals surface area contributed by atoms with E-state index in [0.29, 0.717) is 29.9 Å². The van der Waals surface area contributed by atoms with Crippen molar-refractivity contribution in [3.63, 3.8) is 0 Å². The summed E-state index contributed by atoms with van der Waals surface area (Å²) in [5.74, 6) is 1.10. The first-order valence-corrected chi connectivity index (χ1v) is 19.3. The fourth-order valence-electron chi connectivity index (χ4n) is 8.70. The van der Waals surface area contributed by atoms with Crippen LogP contribution in [0.25, 0.3) is 33.6 Å². The minimum atomic E-state index is -1.59. The number of aliphatic hydroxyl groups is 2. The second kappa shape index (κ2) is 14.0. The van der Waals surface area contributed by atoms with Crippen LogP contribution >= 0.6 is 0 Å². The maximum absolute atomic E-state index is 13.8. The number of carbonyl (C=O) groups excluding carboxylic acids is 3. The van der Waals surface area contributed by atoms with Gasteiger partial charge < -0.3 is 50.5 Å². The van der Waals surface area contributed by atoms with E-state index in [0.717, 1.165) is 52.9 Å². The lowest BCUT2D eigenvalue weighted by atomic mass is 9.97. The van der Waals surface area contributed by atoms with Gasteiger partial charge in [0.25, 0.3) is 0 Å². The summed E-state index contributed by atoms with van der Waals surface area (Å²) in [5.41, 5.74) is 2.33. The molecule has 7 N–H and O–H groups in total. The van der Waals surface area contributed by atoms with Crippen molar-refractivity contribution in [1.29, 1.82) is 0 Å². The van der Waals surface area contributed by atoms with E-state index < -0.39 is 41.4 Å². The number of benzene rings is 2. The summed E-state index contributed by atoms with van der Waals surface area (Å²) in [6.07, 6.45) is 4.50. The minimum Gasteiger partial charge on any atom is -0.465 e. The van der Waals surface area contributed by atoms with Gasteiger partial charge >= 0.3 is 12.2 Å². The van der Waals surface area contributed by atoms with E-state index in [2.05, 4.69) is 30.6 Å². The lowest BCUT2D eigenvalue weighted by Gasteiger charge is -2.35. The van der Waals surface area contributed by atoms with Crippen LogP contribution < -0.4 is 10.6 Å². The first-order chi connectivity index (χ1) is 27.0. The van der Waals surface area contributed by atoms with Crippen LogP contribution in [0.2, 0.25) is 0 Å². The van der Waals surface area contributed by atoms with Gasteiger partial charge in [-0.05, 0) is 87.5 Å². The van der Waals surface area contributed by atoms with Crippen LogP contribution in [0.15, 0.2) is 60.9 Å². The van der Waals surface area contributed by atoms with Gasteiger partial charge in [-0.2, -0.15) is 0 Å². The van der Waals surface area contributed by atoms with Gasteiger partial charge in [-0.25, -0.2) is 19.6 Å². The van der Waals surface area contributed by atoms with Crippen molar-refractivity contribution in [2.45, 2.75) is 101 Å². The van der Waals surface area contributed by atoms with Crippen LogP contribution in [0, 0.1) is 11.8 Å². The molecule has 4 aromatic rings. The largest absolute Gasteiger partial charge is 0.465 e. The number of aromatic nitrogens is 4. The van der Waals surface area contributed by atoms with E-state index >= 15 is 0 Å². The van der Waals surface area contributed by atoms with Crippen LogP contribution in [-0.2, 0) is 14.3 Å². The number of fused-ring (bicyclic) bond motifs is 2. The predicted octanol–water partition coefficient (Wildman–Crippen LogP) is 4.36. The fourth-order valence-corrected chi connectivity index (χ4v) is 8.70. The Hall–Kier alpha value is -5.74. The van der Waals surface area contributed by atoms with Gasteiger partial charge in [0.2, 0.25) is 11.8 Å². The molecule has 8 atom stereocenters. The molecular formula is C41H48N8O8. The second-order valence-corrected chi connectivity index (χ2v) is 16.9. The molecule has 0 unspecified atom stereocenters. The fraction of sp³-hybridized carbons (Fsp3) is 0.463. The number of rotatable bonds is 11. The third-order valence-corrected chi connectivity index (χ3v) is 11.9. The van der Waals surface area contributed by atoms with Gasteiger partial charge in [-0.3, -0.25) is 9.59 Å². The predicted molar refractivity (Wildman–Crippen MR) is 206 cm³/mol. The zero-order valence-electron chi connectivity index (χ0n) is 32.4. The molecule has 16 nitrogen and oxygen atoms in total. The summed E-state index contributed by atoms with van der Waals surface area (Å²) in [5, 5.41) is 35.5. The van der Waals surface area contributed by atoms with Gasteiger partial charge in [0.15, 0.2) is 0 Å². The van der Waals surface area contributed by atoms with Gasteiger partial charge in [0.05, 0.1) is 54.2 Å². The number of alkyl carbamates (subject to hydrolysis) is 1. The molecule has 2 aromatic carbocycles. The van der Waals surface area contributed by atoms with Gasteiger partial charge in [0.1, 0.15) is 23.7 Å². The molecule has 57 heavy (non-hydrogen) atoms.